The molecule has 0 unspecified atom stereocenters. The molecule has 4 heteroatoms. The number of carbonyl (C=O) groups excluding carboxylic acids is 2. The fraction of sp³-hybridized carbons (Fsp3) is 0.467. The molecule has 0 radical (unpaired) electrons. The van der Waals surface area contributed by atoms with Crippen LogP contribution in [0, 0.1) is 5.92 Å². The molecule has 0 bridgehead atoms. The first kappa shape index (κ1) is 11.0. The number of para-hydroxylation sites is 1. The lowest BCUT2D eigenvalue weighted by molar-refractivity contribution is -0.126. The van der Waals surface area contributed by atoms with Gasteiger partial charge in [-0.05, 0) is 37.3 Å². The van der Waals surface area contributed by atoms with E-state index in [1.54, 1.807) is 0 Å². The number of carbonyl (C=O) groups is 2. The third kappa shape index (κ3) is 1.40. The van der Waals surface area contributed by atoms with Crippen molar-refractivity contribution in [1.29, 1.82) is 0 Å². The first-order valence-corrected chi connectivity index (χ1v) is 6.93. The SMILES string of the molecule is O=C(NC1CCC1)[C@@H]1C[C@@]12C(=O)Nc1ccccc12. The number of anilines is 1. The highest BCUT2D eigenvalue weighted by Gasteiger charge is 2.67. The maximum Gasteiger partial charge on any atom is 0.235 e. The average Bonchev–Trinajstić information content (AvgIpc) is 3.04. The molecule has 1 aromatic rings. The standard InChI is InChI=1S/C15H16N2O2/c18-13(16-9-4-3-5-9)11-8-15(11)10-6-1-2-7-12(10)17-14(15)19/h1-2,6-7,9,11H,3-5,8H2,(H,16,18)(H,17,19)/t11-,15-/m0/s1. The molecule has 2 N–H and O–H groups in total. The van der Waals surface area contributed by atoms with Crippen LogP contribution in [0.3, 0.4) is 0 Å². The van der Waals surface area contributed by atoms with Crippen molar-refractivity contribution in [3.63, 3.8) is 0 Å². The second-order valence-corrected chi connectivity index (χ2v) is 5.86. The first-order chi connectivity index (χ1) is 9.22. The van der Waals surface area contributed by atoms with E-state index < -0.39 is 5.41 Å². The molecule has 2 atom stereocenters. The van der Waals surface area contributed by atoms with Crippen LogP contribution >= 0.6 is 0 Å². The summed E-state index contributed by atoms with van der Waals surface area (Å²) in [5.41, 5.74) is 1.28. The number of nitrogens with one attached hydrogen (secondary N) is 2. The molecule has 2 amide bonds. The second kappa shape index (κ2) is 3.59. The summed E-state index contributed by atoms with van der Waals surface area (Å²) in [7, 11) is 0. The van der Waals surface area contributed by atoms with Gasteiger partial charge >= 0.3 is 0 Å². The van der Waals surface area contributed by atoms with Crippen LogP contribution in [0.2, 0.25) is 0 Å². The number of fused-ring (bicyclic) bond motifs is 2. The molecule has 1 heterocycles. The summed E-state index contributed by atoms with van der Waals surface area (Å²) in [5.74, 6) is -0.143. The molecule has 98 valence electrons. The Morgan fingerprint density at radius 3 is 2.84 bits per heavy atom. The molecule has 2 fully saturated rings. The van der Waals surface area contributed by atoms with E-state index in [1.807, 2.05) is 24.3 Å². The number of hydrogen-bond acceptors (Lipinski definition) is 2. The van der Waals surface area contributed by atoms with Crippen LogP contribution in [0.15, 0.2) is 24.3 Å². The monoisotopic (exact) mass is 256 g/mol. The average molecular weight is 256 g/mol. The summed E-state index contributed by atoms with van der Waals surface area (Å²) in [6, 6.07) is 8.04. The number of amides is 2. The Labute approximate surface area is 111 Å². The van der Waals surface area contributed by atoms with Crippen molar-refractivity contribution >= 4 is 17.5 Å². The summed E-state index contributed by atoms with van der Waals surface area (Å²) in [4.78, 5) is 24.4. The Hall–Kier alpha value is -1.84. The van der Waals surface area contributed by atoms with Crippen LogP contribution in [-0.2, 0) is 15.0 Å². The van der Waals surface area contributed by atoms with E-state index in [9.17, 15) is 9.59 Å². The number of benzene rings is 1. The van der Waals surface area contributed by atoms with Gasteiger partial charge in [0.15, 0.2) is 0 Å². The second-order valence-electron chi connectivity index (χ2n) is 5.86. The van der Waals surface area contributed by atoms with Gasteiger partial charge in [-0.2, -0.15) is 0 Å². The van der Waals surface area contributed by atoms with Gasteiger partial charge in [-0.15, -0.1) is 0 Å². The van der Waals surface area contributed by atoms with Crippen molar-refractivity contribution in [3.05, 3.63) is 29.8 Å². The van der Waals surface area contributed by atoms with Crippen molar-refractivity contribution in [1.82, 2.24) is 5.32 Å². The third-order valence-electron chi connectivity index (χ3n) is 4.79. The Kier molecular flexibility index (Phi) is 2.08. The minimum atomic E-state index is -0.579. The molecule has 4 nitrogen and oxygen atoms in total. The molecule has 1 aromatic carbocycles. The van der Waals surface area contributed by atoms with E-state index in [0.717, 1.165) is 24.1 Å². The Morgan fingerprint density at radius 1 is 1.32 bits per heavy atom. The molecule has 3 aliphatic rings. The quantitative estimate of drug-likeness (QED) is 0.843. The molecule has 0 aromatic heterocycles. The predicted octanol–water partition coefficient (Wildman–Crippen LogP) is 1.57. The maximum atomic E-state index is 12.2. The van der Waals surface area contributed by atoms with Gasteiger partial charge in [0.05, 0.1) is 11.3 Å². The van der Waals surface area contributed by atoms with Crippen LogP contribution in [-0.4, -0.2) is 17.9 Å². The maximum absolute atomic E-state index is 12.2. The van der Waals surface area contributed by atoms with Crippen LogP contribution < -0.4 is 10.6 Å². The van der Waals surface area contributed by atoms with Crippen molar-refractivity contribution in [3.8, 4) is 0 Å². The topological polar surface area (TPSA) is 58.2 Å². The lowest BCUT2D eigenvalue weighted by atomic mass is 9.91. The third-order valence-corrected chi connectivity index (χ3v) is 4.79. The Bertz CT molecular complexity index is 579. The van der Waals surface area contributed by atoms with Crippen LogP contribution in [0.4, 0.5) is 5.69 Å². The van der Waals surface area contributed by atoms with E-state index in [2.05, 4.69) is 10.6 Å². The lowest BCUT2D eigenvalue weighted by Gasteiger charge is -2.26. The van der Waals surface area contributed by atoms with Gasteiger partial charge in [0.1, 0.15) is 0 Å². The van der Waals surface area contributed by atoms with E-state index >= 15 is 0 Å². The molecular formula is C15H16N2O2. The zero-order chi connectivity index (χ0) is 13.0. The van der Waals surface area contributed by atoms with E-state index in [0.29, 0.717) is 12.5 Å². The van der Waals surface area contributed by atoms with Crippen molar-refractivity contribution in [2.75, 3.05) is 5.32 Å². The Morgan fingerprint density at radius 2 is 2.11 bits per heavy atom. The minimum absolute atomic E-state index is 0.0116. The van der Waals surface area contributed by atoms with E-state index in [-0.39, 0.29) is 17.7 Å². The summed E-state index contributed by atoms with van der Waals surface area (Å²) >= 11 is 0. The molecule has 1 spiro atoms. The van der Waals surface area contributed by atoms with Crippen LogP contribution in [0.25, 0.3) is 0 Å². The van der Waals surface area contributed by atoms with Crippen LogP contribution in [0.1, 0.15) is 31.2 Å². The fourth-order valence-electron chi connectivity index (χ4n) is 3.32. The summed E-state index contributed by atoms with van der Waals surface area (Å²) in [6.45, 7) is 0. The highest BCUT2D eigenvalue weighted by atomic mass is 16.2. The molecule has 19 heavy (non-hydrogen) atoms. The smallest absolute Gasteiger partial charge is 0.235 e. The fourth-order valence-corrected chi connectivity index (χ4v) is 3.32. The lowest BCUT2D eigenvalue weighted by Crippen LogP contribution is -2.42. The summed E-state index contributed by atoms with van der Waals surface area (Å²) in [6.07, 6.45) is 4.00. The van der Waals surface area contributed by atoms with E-state index in [1.165, 1.54) is 6.42 Å². The van der Waals surface area contributed by atoms with Gasteiger partial charge in [-0.3, -0.25) is 9.59 Å². The zero-order valence-electron chi connectivity index (χ0n) is 10.6. The number of hydrogen-bond donors (Lipinski definition) is 2. The first-order valence-electron chi connectivity index (χ1n) is 6.93. The summed E-state index contributed by atoms with van der Waals surface area (Å²) in [5, 5.41) is 5.96. The van der Waals surface area contributed by atoms with Crippen molar-refractivity contribution in [2.45, 2.75) is 37.1 Å². The molecule has 0 saturated heterocycles. The Balaban J connectivity index is 1.59. The normalized spacial score (nSPS) is 31.6. The van der Waals surface area contributed by atoms with Gasteiger partial charge in [-0.25, -0.2) is 0 Å². The molecular weight excluding hydrogens is 240 g/mol. The van der Waals surface area contributed by atoms with Crippen LogP contribution in [0.5, 0.6) is 0 Å². The van der Waals surface area contributed by atoms with Crippen molar-refractivity contribution < 1.29 is 9.59 Å². The molecule has 4 rings (SSSR count). The minimum Gasteiger partial charge on any atom is -0.353 e. The highest BCUT2D eigenvalue weighted by molar-refractivity contribution is 6.12. The number of rotatable bonds is 2. The van der Waals surface area contributed by atoms with E-state index in [4.69, 9.17) is 0 Å². The largest absolute Gasteiger partial charge is 0.353 e. The molecule has 1 aliphatic heterocycles. The van der Waals surface area contributed by atoms with Gasteiger partial charge in [0.2, 0.25) is 11.8 Å². The van der Waals surface area contributed by atoms with Gasteiger partial charge < -0.3 is 10.6 Å². The highest BCUT2D eigenvalue weighted by Crippen LogP contribution is 2.60. The van der Waals surface area contributed by atoms with Gasteiger partial charge in [0, 0.05) is 11.7 Å². The van der Waals surface area contributed by atoms with Gasteiger partial charge in [0.25, 0.3) is 0 Å². The van der Waals surface area contributed by atoms with Gasteiger partial charge in [-0.1, -0.05) is 18.2 Å². The predicted molar refractivity (Wildman–Crippen MR) is 70.6 cm³/mol. The molecule has 2 saturated carbocycles. The van der Waals surface area contributed by atoms with Crippen molar-refractivity contribution in [2.24, 2.45) is 5.92 Å². The molecule has 2 aliphatic carbocycles. The zero-order valence-corrected chi connectivity index (χ0v) is 10.6. The summed E-state index contributed by atoms with van der Waals surface area (Å²) < 4.78 is 0.